The maximum atomic E-state index is 5.73. The summed E-state index contributed by atoms with van der Waals surface area (Å²) in [6, 6.07) is 7.49. The molecule has 5 nitrogen and oxygen atoms in total. The quantitative estimate of drug-likeness (QED) is 0.827. The van der Waals surface area contributed by atoms with Crippen LogP contribution in [0.4, 0.5) is 5.82 Å². The van der Waals surface area contributed by atoms with Crippen molar-refractivity contribution >= 4 is 5.82 Å². The second-order valence-corrected chi connectivity index (χ2v) is 4.08. The van der Waals surface area contributed by atoms with Gasteiger partial charge in [0.15, 0.2) is 11.5 Å². The van der Waals surface area contributed by atoms with Gasteiger partial charge in [-0.25, -0.2) is 9.97 Å². The third-order valence-corrected chi connectivity index (χ3v) is 2.70. The Morgan fingerprint density at radius 3 is 2.61 bits per heavy atom. The first-order valence-electron chi connectivity index (χ1n) is 5.73. The third-order valence-electron chi connectivity index (χ3n) is 2.70. The molecule has 0 saturated heterocycles. The van der Waals surface area contributed by atoms with Gasteiger partial charge in [0, 0.05) is 11.6 Å². The van der Waals surface area contributed by atoms with E-state index in [1.807, 2.05) is 25.1 Å². The molecule has 92 valence electrons. The van der Waals surface area contributed by atoms with Crippen LogP contribution < -0.4 is 15.2 Å². The van der Waals surface area contributed by atoms with Crippen molar-refractivity contribution in [3.63, 3.8) is 0 Å². The van der Waals surface area contributed by atoms with Gasteiger partial charge in [-0.3, -0.25) is 0 Å². The summed E-state index contributed by atoms with van der Waals surface area (Å²) in [6.45, 7) is 2.98. The first kappa shape index (κ1) is 10.8. The van der Waals surface area contributed by atoms with Crippen molar-refractivity contribution in [2.45, 2.75) is 6.92 Å². The number of anilines is 1. The monoisotopic (exact) mass is 243 g/mol. The van der Waals surface area contributed by atoms with Crippen LogP contribution in [0, 0.1) is 6.92 Å². The molecule has 2 N–H and O–H groups in total. The molecule has 2 aromatic rings. The maximum absolute atomic E-state index is 5.73. The number of aromatic nitrogens is 2. The van der Waals surface area contributed by atoms with E-state index in [0.29, 0.717) is 24.9 Å². The molecule has 0 radical (unpaired) electrons. The number of hydrogen-bond donors (Lipinski definition) is 1. The van der Waals surface area contributed by atoms with Crippen LogP contribution in [-0.4, -0.2) is 23.2 Å². The summed E-state index contributed by atoms with van der Waals surface area (Å²) < 4.78 is 11.0. The molecule has 5 heteroatoms. The van der Waals surface area contributed by atoms with Crippen LogP contribution in [0.25, 0.3) is 11.3 Å². The zero-order valence-corrected chi connectivity index (χ0v) is 10.0. The second kappa shape index (κ2) is 4.18. The van der Waals surface area contributed by atoms with Crippen molar-refractivity contribution in [1.29, 1.82) is 0 Å². The number of nitrogen functional groups attached to an aromatic ring is 1. The fraction of sp³-hybridized carbons (Fsp3) is 0.231. The molecule has 2 heterocycles. The Morgan fingerprint density at radius 2 is 1.83 bits per heavy atom. The van der Waals surface area contributed by atoms with E-state index in [0.717, 1.165) is 22.8 Å². The van der Waals surface area contributed by atoms with Gasteiger partial charge >= 0.3 is 0 Å². The highest BCUT2D eigenvalue weighted by Crippen LogP contribution is 2.34. The summed E-state index contributed by atoms with van der Waals surface area (Å²) >= 11 is 0. The Morgan fingerprint density at radius 1 is 1.06 bits per heavy atom. The van der Waals surface area contributed by atoms with Gasteiger partial charge in [0.05, 0.1) is 5.69 Å². The smallest absolute Gasteiger partial charge is 0.162 e. The van der Waals surface area contributed by atoms with E-state index in [-0.39, 0.29) is 0 Å². The molecule has 3 rings (SSSR count). The Labute approximate surface area is 105 Å². The van der Waals surface area contributed by atoms with Crippen LogP contribution >= 0.6 is 0 Å². The Kier molecular flexibility index (Phi) is 2.51. The maximum Gasteiger partial charge on any atom is 0.162 e. The van der Waals surface area contributed by atoms with Crippen LogP contribution in [-0.2, 0) is 0 Å². The van der Waals surface area contributed by atoms with Crippen molar-refractivity contribution in [3.8, 4) is 22.8 Å². The van der Waals surface area contributed by atoms with Crippen LogP contribution in [0.2, 0.25) is 0 Å². The molecule has 1 aromatic carbocycles. The zero-order valence-electron chi connectivity index (χ0n) is 10.0. The fourth-order valence-electron chi connectivity index (χ4n) is 1.94. The van der Waals surface area contributed by atoms with Gasteiger partial charge in [0.2, 0.25) is 0 Å². The standard InChI is InChI=1S/C13H13N3O2/c1-8-15-10(7-13(14)16-8)9-2-3-11-12(6-9)18-5-4-17-11/h2-3,6-7H,4-5H2,1H3,(H2,14,15,16). The average molecular weight is 243 g/mol. The minimum atomic E-state index is 0.465. The molecule has 1 aliphatic heterocycles. The molecule has 18 heavy (non-hydrogen) atoms. The highest BCUT2D eigenvalue weighted by molar-refractivity contribution is 5.66. The number of ether oxygens (including phenoxy) is 2. The molecule has 0 unspecified atom stereocenters. The molecular weight excluding hydrogens is 230 g/mol. The lowest BCUT2D eigenvalue weighted by Gasteiger charge is -2.18. The van der Waals surface area contributed by atoms with Crippen molar-refractivity contribution in [3.05, 3.63) is 30.1 Å². The van der Waals surface area contributed by atoms with E-state index in [4.69, 9.17) is 15.2 Å². The van der Waals surface area contributed by atoms with E-state index in [9.17, 15) is 0 Å². The molecule has 0 aliphatic carbocycles. The van der Waals surface area contributed by atoms with Crippen molar-refractivity contribution in [1.82, 2.24) is 9.97 Å². The van der Waals surface area contributed by atoms with Crippen molar-refractivity contribution < 1.29 is 9.47 Å². The van der Waals surface area contributed by atoms with Gasteiger partial charge in [0.1, 0.15) is 24.9 Å². The third kappa shape index (κ3) is 1.95. The number of benzene rings is 1. The Balaban J connectivity index is 2.06. The number of hydrogen-bond acceptors (Lipinski definition) is 5. The lowest BCUT2D eigenvalue weighted by Crippen LogP contribution is -2.15. The summed E-state index contributed by atoms with van der Waals surface area (Å²) in [5, 5.41) is 0. The predicted molar refractivity (Wildman–Crippen MR) is 67.6 cm³/mol. The molecule has 0 bridgehead atoms. The topological polar surface area (TPSA) is 70.3 Å². The van der Waals surface area contributed by atoms with Crippen LogP contribution in [0.15, 0.2) is 24.3 Å². The van der Waals surface area contributed by atoms with E-state index < -0.39 is 0 Å². The van der Waals surface area contributed by atoms with Gasteiger partial charge < -0.3 is 15.2 Å². The van der Waals surface area contributed by atoms with Crippen LogP contribution in [0.5, 0.6) is 11.5 Å². The fourth-order valence-corrected chi connectivity index (χ4v) is 1.94. The zero-order chi connectivity index (χ0) is 12.5. The summed E-state index contributed by atoms with van der Waals surface area (Å²) in [4.78, 5) is 8.42. The SMILES string of the molecule is Cc1nc(N)cc(-c2ccc3c(c2)OCCO3)n1. The molecule has 0 atom stereocenters. The number of rotatable bonds is 1. The van der Waals surface area contributed by atoms with Gasteiger partial charge in [-0.1, -0.05) is 0 Å². The summed E-state index contributed by atoms with van der Waals surface area (Å²) in [7, 11) is 0. The van der Waals surface area contributed by atoms with Crippen LogP contribution in [0.1, 0.15) is 5.82 Å². The minimum Gasteiger partial charge on any atom is -0.486 e. The molecule has 1 aromatic heterocycles. The molecule has 0 fully saturated rings. The van der Waals surface area contributed by atoms with E-state index >= 15 is 0 Å². The first-order chi connectivity index (χ1) is 8.72. The van der Waals surface area contributed by atoms with Gasteiger partial charge in [-0.15, -0.1) is 0 Å². The molecule has 1 aliphatic rings. The number of nitrogens with two attached hydrogens (primary N) is 1. The summed E-state index contributed by atoms with van der Waals surface area (Å²) in [6.07, 6.45) is 0. The lowest BCUT2D eigenvalue weighted by molar-refractivity contribution is 0.171. The summed E-state index contributed by atoms with van der Waals surface area (Å²) in [5.41, 5.74) is 7.46. The predicted octanol–water partition coefficient (Wildman–Crippen LogP) is 1.81. The first-order valence-corrected chi connectivity index (χ1v) is 5.73. The second-order valence-electron chi connectivity index (χ2n) is 4.08. The largest absolute Gasteiger partial charge is 0.486 e. The van der Waals surface area contributed by atoms with E-state index in [1.54, 1.807) is 6.07 Å². The van der Waals surface area contributed by atoms with Crippen molar-refractivity contribution in [2.24, 2.45) is 0 Å². The normalized spacial score (nSPS) is 13.4. The highest BCUT2D eigenvalue weighted by atomic mass is 16.6. The average Bonchev–Trinajstić information content (AvgIpc) is 2.37. The van der Waals surface area contributed by atoms with Gasteiger partial charge in [0.25, 0.3) is 0 Å². The minimum absolute atomic E-state index is 0.465. The van der Waals surface area contributed by atoms with E-state index in [1.165, 1.54) is 0 Å². The van der Waals surface area contributed by atoms with Crippen LogP contribution in [0.3, 0.4) is 0 Å². The Hall–Kier alpha value is -2.30. The molecule has 0 spiro atoms. The highest BCUT2D eigenvalue weighted by Gasteiger charge is 2.13. The number of aryl methyl sites for hydroxylation is 1. The number of fused-ring (bicyclic) bond motifs is 1. The van der Waals surface area contributed by atoms with Gasteiger partial charge in [-0.05, 0) is 25.1 Å². The summed E-state index contributed by atoms with van der Waals surface area (Å²) in [5.74, 6) is 2.63. The van der Waals surface area contributed by atoms with Gasteiger partial charge in [-0.2, -0.15) is 0 Å². The number of nitrogens with zero attached hydrogens (tertiary/aromatic N) is 2. The molecular formula is C13H13N3O2. The van der Waals surface area contributed by atoms with E-state index in [2.05, 4.69) is 9.97 Å². The molecule has 0 saturated carbocycles. The Bertz CT molecular complexity index is 579. The lowest BCUT2D eigenvalue weighted by atomic mass is 10.1. The van der Waals surface area contributed by atoms with Crippen molar-refractivity contribution in [2.75, 3.05) is 18.9 Å². The molecule has 0 amide bonds.